The Morgan fingerprint density at radius 2 is 1.86 bits per heavy atom. The molecule has 1 aromatic carbocycles. The fraction of sp³-hybridized carbons (Fsp3) is 0. The first-order chi connectivity index (χ1) is 10.3. The summed E-state index contributed by atoms with van der Waals surface area (Å²) in [7, 11) is 0. The topological polar surface area (TPSA) is 94.2 Å². The number of nitrogens with two attached hydrogens (primary N) is 1. The number of nitrogen functional groups attached to an aromatic ring is 1. The van der Waals surface area contributed by atoms with Gasteiger partial charge < -0.3 is 5.73 Å². The van der Waals surface area contributed by atoms with Gasteiger partial charge in [-0.25, -0.2) is 4.39 Å². The molecule has 0 fully saturated rings. The first kappa shape index (κ1) is 14.7. The van der Waals surface area contributed by atoms with Gasteiger partial charge in [0.25, 0.3) is 17.4 Å². The number of anilines is 1. The molecule has 2 amide bonds. The summed E-state index contributed by atoms with van der Waals surface area (Å²) in [6.07, 6.45) is 0. The van der Waals surface area contributed by atoms with Gasteiger partial charge in [-0.1, -0.05) is 27.5 Å². The Hall–Kier alpha value is -2.19. The minimum atomic E-state index is -0.872. The Kier molecular flexibility index (Phi) is 3.30. The number of nitrogens with one attached hydrogen (secondary N) is 1. The van der Waals surface area contributed by atoms with Crippen molar-refractivity contribution in [3.05, 3.63) is 55.0 Å². The zero-order valence-electron chi connectivity index (χ0n) is 10.6. The molecule has 2 aromatic rings. The maximum absolute atomic E-state index is 14.2. The largest absolute Gasteiger partial charge is 0.384 e. The molecule has 0 saturated carbocycles. The molecule has 1 aliphatic heterocycles. The van der Waals surface area contributed by atoms with Gasteiger partial charge in [-0.05, 0) is 12.1 Å². The first-order valence-electron chi connectivity index (χ1n) is 5.87. The molecule has 112 valence electrons. The third-order valence-corrected chi connectivity index (χ3v) is 3.90. The number of rotatable bonds is 1. The number of amides is 2. The van der Waals surface area contributed by atoms with E-state index in [2.05, 4.69) is 15.9 Å². The normalized spacial score (nSPS) is 13.2. The second-order valence-corrected chi connectivity index (χ2v) is 5.82. The van der Waals surface area contributed by atoms with Gasteiger partial charge in [0.2, 0.25) is 0 Å². The zero-order valence-corrected chi connectivity index (χ0v) is 13.0. The van der Waals surface area contributed by atoms with Crippen LogP contribution >= 0.6 is 27.5 Å². The van der Waals surface area contributed by atoms with Crippen molar-refractivity contribution in [2.24, 2.45) is 0 Å². The predicted octanol–water partition coefficient (Wildman–Crippen LogP) is 1.86. The standard InChI is InChI=1S/C13H6BrClFN3O3/c14-4-1-6(15)10(16)7(2-4)19-8(20)3-5-9(11(19)17)13(22)18-12(5)21/h1-3H,17H2,(H,18,21,22). The number of benzene rings is 1. The Labute approximate surface area is 135 Å². The first-order valence-corrected chi connectivity index (χ1v) is 7.04. The van der Waals surface area contributed by atoms with Crippen LogP contribution in [0, 0.1) is 5.82 Å². The number of carbonyl (C=O) groups excluding carboxylic acids is 2. The van der Waals surface area contributed by atoms with E-state index in [9.17, 15) is 18.8 Å². The van der Waals surface area contributed by atoms with Crippen LogP contribution in [0.1, 0.15) is 20.7 Å². The lowest BCUT2D eigenvalue weighted by Gasteiger charge is -2.13. The fourth-order valence-corrected chi connectivity index (χ4v) is 3.02. The van der Waals surface area contributed by atoms with Crippen LogP contribution in [0.2, 0.25) is 5.02 Å². The molecule has 2 heterocycles. The van der Waals surface area contributed by atoms with Gasteiger partial charge >= 0.3 is 0 Å². The van der Waals surface area contributed by atoms with Crippen molar-refractivity contribution in [2.75, 3.05) is 5.73 Å². The Morgan fingerprint density at radius 1 is 1.18 bits per heavy atom. The van der Waals surface area contributed by atoms with Crippen molar-refractivity contribution in [3.63, 3.8) is 0 Å². The lowest BCUT2D eigenvalue weighted by atomic mass is 10.1. The van der Waals surface area contributed by atoms with Gasteiger partial charge in [-0.15, -0.1) is 0 Å². The third-order valence-electron chi connectivity index (χ3n) is 3.17. The maximum Gasteiger partial charge on any atom is 0.262 e. The van der Waals surface area contributed by atoms with Crippen LogP contribution in [0.3, 0.4) is 0 Å². The summed E-state index contributed by atoms with van der Waals surface area (Å²) >= 11 is 8.88. The lowest BCUT2D eigenvalue weighted by molar-refractivity contribution is 0.0880. The summed E-state index contributed by atoms with van der Waals surface area (Å²) in [6, 6.07) is 3.53. The number of imide groups is 1. The monoisotopic (exact) mass is 385 g/mol. The average molecular weight is 387 g/mol. The van der Waals surface area contributed by atoms with E-state index < -0.39 is 23.2 Å². The Morgan fingerprint density at radius 3 is 2.55 bits per heavy atom. The van der Waals surface area contributed by atoms with E-state index in [0.29, 0.717) is 4.47 Å². The Bertz CT molecular complexity index is 926. The van der Waals surface area contributed by atoms with Crippen LogP contribution in [-0.4, -0.2) is 16.4 Å². The molecule has 1 aliphatic rings. The van der Waals surface area contributed by atoms with E-state index in [0.717, 1.165) is 10.6 Å². The number of halogens is 3. The van der Waals surface area contributed by atoms with E-state index in [1.54, 1.807) is 0 Å². The molecule has 0 aliphatic carbocycles. The number of aromatic nitrogens is 1. The molecule has 0 unspecified atom stereocenters. The summed E-state index contributed by atoms with van der Waals surface area (Å²) in [5, 5.41) is 1.80. The molecular weight excluding hydrogens is 381 g/mol. The van der Waals surface area contributed by atoms with Crippen LogP contribution in [0.4, 0.5) is 10.2 Å². The van der Waals surface area contributed by atoms with Crippen molar-refractivity contribution in [1.29, 1.82) is 0 Å². The van der Waals surface area contributed by atoms with Crippen molar-refractivity contribution in [3.8, 4) is 5.69 Å². The maximum atomic E-state index is 14.2. The highest BCUT2D eigenvalue weighted by Gasteiger charge is 2.32. The van der Waals surface area contributed by atoms with Crippen molar-refractivity contribution >= 4 is 45.2 Å². The van der Waals surface area contributed by atoms with E-state index in [1.165, 1.54) is 12.1 Å². The second kappa shape index (κ2) is 4.92. The molecule has 1 aromatic heterocycles. The van der Waals surface area contributed by atoms with Gasteiger partial charge in [-0.2, -0.15) is 0 Å². The Balaban J connectivity index is 2.40. The van der Waals surface area contributed by atoms with E-state index >= 15 is 0 Å². The van der Waals surface area contributed by atoms with Gasteiger partial charge in [-0.3, -0.25) is 24.3 Å². The molecule has 0 bridgehead atoms. The number of nitrogens with zero attached hydrogens (tertiary/aromatic N) is 1. The molecule has 3 N–H and O–H groups in total. The summed E-state index contributed by atoms with van der Waals surface area (Å²) in [5.74, 6) is -2.67. The highest BCUT2D eigenvalue weighted by Crippen LogP contribution is 2.29. The number of pyridine rings is 1. The lowest BCUT2D eigenvalue weighted by Crippen LogP contribution is -2.25. The summed E-state index contributed by atoms with van der Waals surface area (Å²) in [5.41, 5.74) is 4.53. The molecule has 9 heteroatoms. The second-order valence-electron chi connectivity index (χ2n) is 4.50. The van der Waals surface area contributed by atoms with Gasteiger partial charge in [0.1, 0.15) is 5.82 Å². The summed E-state index contributed by atoms with van der Waals surface area (Å²) < 4.78 is 15.4. The molecule has 22 heavy (non-hydrogen) atoms. The molecular formula is C13H6BrClFN3O3. The SMILES string of the molecule is Nc1c2c(cc(=O)n1-c1cc(Br)cc(Cl)c1F)C(=O)NC2=O. The van der Waals surface area contributed by atoms with Crippen LogP contribution in [0.15, 0.2) is 27.5 Å². The highest BCUT2D eigenvalue weighted by atomic mass is 79.9. The van der Waals surface area contributed by atoms with E-state index in [4.69, 9.17) is 17.3 Å². The highest BCUT2D eigenvalue weighted by molar-refractivity contribution is 9.10. The molecule has 0 atom stereocenters. The smallest absolute Gasteiger partial charge is 0.262 e. The van der Waals surface area contributed by atoms with Crippen LogP contribution in [0.25, 0.3) is 5.69 Å². The van der Waals surface area contributed by atoms with Crippen molar-refractivity contribution in [1.82, 2.24) is 9.88 Å². The predicted molar refractivity (Wildman–Crippen MR) is 80.9 cm³/mol. The van der Waals surface area contributed by atoms with Crippen LogP contribution < -0.4 is 16.6 Å². The third kappa shape index (κ3) is 2.03. The number of carbonyl (C=O) groups is 2. The summed E-state index contributed by atoms with van der Waals surface area (Å²) in [4.78, 5) is 35.5. The molecule has 3 rings (SSSR count). The zero-order chi connectivity index (χ0) is 16.2. The number of fused-ring (bicyclic) bond motifs is 1. The van der Waals surface area contributed by atoms with Gasteiger partial charge in [0.15, 0.2) is 5.82 Å². The molecule has 0 spiro atoms. The quantitative estimate of drug-likeness (QED) is 0.578. The fourth-order valence-electron chi connectivity index (χ4n) is 2.23. The van der Waals surface area contributed by atoms with Crippen molar-refractivity contribution in [2.45, 2.75) is 0 Å². The van der Waals surface area contributed by atoms with Crippen LogP contribution in [0.5, 0.6) is 0 Å². The van der Waals surface area contributed by atoms with Gasteiger partial charge in [0, 0.05) is 10.5 Å². The number of hydrogen-bond donors (Lipinski definition) is 2. The average Bonchev–Trinajstić information content (AvgIpc) is 2.70. The molecule has 6 nitrogen and oxygen atoms in total. The number of hydrogen-bond acceptors (Lipinski definition) is 4. The summed E-state index contributed by atoms with van der Waals surface area (Å²) in [6.45, 7) is 0. The van der Waals surface area contributed by atoms with E-state index in [1.807, 2.05) is 5.32 Å². The molecule has 0 radical (unpaired) electrons. The van der Waals surface area contributed by atoms with E-state index in [-0.39, 0.29) is 27.7 Å². The minimum absolute atomic E-state index is 0.134. The van der Waals surface area contributed by atoms with Crippen LogP contribution in [-0.2, 0) is 0 Å². The van der Waals surface area contributed by atoms with Crippen molar-refractivity contribution < 1.29 is 14.0 Å². The molecule has 0 saturated heterocycles. The minimum Gasteiger partial charge on any atom is -0.384 e. The van der Waals surface area contributed by atoms with Gasteiger partial charge in [0.05, 0.1) is 21.8 Å².